The van der Waals surface area contributed by atoms with Crippen molar-refractivity contribution < 1.29 is 0 Å². The van der Waals surface area contributed by atoms with E-state index in [1.807, 2.05) is 18.2 Å². The van der Waals surface area contributed by atoms with Crippen molar-refractivity contribution >= 4 is 28.6 Å². The molecule has 60 valence electrons. The first-order valence-corrected chi connectivity index (χ1v) is 5.04. The molecule has 0 aliphatic rings. The van der Waals surface area contributed by atoms with Crippen molar-refractivity contribution in [3.8, 4) is 0 Å². The minimum Gasteiger partial charge on any atom is -0.143 e. The lowest BCUT2D eigenvalue weighted by atomic mass is 10.1. The molecule has 1 atom stereocenters. The molecule has 0 heterocycles. The highest BCUT2D eigenvalue weighted by Gasteiger charge is 2.06. The smallest absolute Gasteiger partial charge is 0.0403 e. The van der Waals surface area contributed by atoms with Gasteiger partial charge in [-0.2, -0.15) is 0 Å². The molecular formula is C9H11BrS. The largest absolute Gasteiger partial charge is 0.143 e. The van der Waals surface area contributed by atoms with Gasteiger partial charge in [0.05, 0.1) is 0 Å². The van der Waals surface area contributed by atoms with Gasteiger partial charge in [-0.05, 0) is 18.1 Å². The minimum atomic E-state index is 0.441. The Labute approximate surface area is 81.5 Å². The molecule has 0 aromatic heterocycles. The number of benzene rings is 1. The third-order valence-electron chi connectivity index (χ3n) is 1.63. The van der Waals surface area contributed by atoms with Crippen LogP contribution in [0, 0.1) is 0 Å². The fourth-order valence-corrected chi connectivity index (χ4v) is 1.86. The summed E-state index contributed by atoms with van der Waals surface area (Å²) in [4.78, 5) is 1.51. The van der Waals surface area contributed by atoms with Crippen molar-refractivity contribution in [2.45, 2.75) is 23.1 Å². The summed E-state index contributed by atoms with van der Waals surface area (Å²) in [7, 11) is 0. The summed E-state index contributed by atoms with van der Waals surface area (Å²) in [6, 6.07) is 8.16. The van der Waals surface area contributed by atoms with E-state index in [4.69, 9.17) is 0 Å². The summed E-state index contributed by atoms with van der Waals surface area (Å²) in [5.74, 6) is 0. The first kappa shape index (κ1) is 9.14. The number of hydrogen-bond acceptors (Lipinski definition) is 1. The second kappa shape index (κ2) is 4.17. The van der Waals surface area contributed by atoms with E-state index < -0.39 is 0 Å². The number of hydrogen-bond donors (Lipinski definition) is 1. The lowest BCUT2D eigenvalue weighted by Crippen LogP contribution is -1.88. The molecular weight excluding hydrogens is 220 g/mol. The molecule has 0 aliphatic carbocycles. The van der Waals surface area contributed by atoms with Crippen LogP contribution >= 0.6 is 28.6 Å². The molecule has 1 unspecified atom stereocenters. The molecule has 1 rings (SSSR count). The van der Waals surface area contributed by atoms with Gasteiger partial charge in [0.25, 0.3) is 0 Å². The Morgan fingerprint density at radius 3 is 2.64 bits per heavy atom. The summed E-state index contributed by atoms with van der Waals surface area (Å²) in [5.41, 5.74) is 1.28. The average Bonchev–Trinajstić information content (AvgIpc) is 2.04. The number of rotatable bonds is 2. The fraction of sp³-hybridized carbons (Fsp3) is 0.333. The second-order valence-electron chi connectivity index (χ2n) is 2.43. The third-order valence-corrected chi connectivity index (χ3v) is 3.18. The zero-order valence-electron chi connectivity index (χ0n) is 6.42. The van der Waals surface area contributed by atoms with E-state index in [0.717, 1.165) is 11.3 Å². The lowest BCUT2D eigenvalue weighted by molar-refractivity contribution is 0.891. The van der Waals surface area contributed by atoms with Crippen LogP contribution in [-0.2, 0) is 0 Å². The number of halogens is 1. The van der Waals surface area contributed by atoms with Crippen molar-refractivity contribution in [3.63, 3.8) is 0 Å². The summed E-state index contributed by atoms with van der Waals surface area (Å²) in [6.07, 6.45) is 1.09. The Morgan fingerprint density at radius 1 is 1.45 bits per heavy atom. The van der Waals surface area contributed by atoms with Gasteiger partial charge in [-0.15, -0.1) is 12.6 Å². The minimum absolute atomic E-state index is 0.441. The van der Waals surface area contributed by atoms with Crippen LogP contribution in [0.15, 0.2) is 29.2 Å². The second-order valence-corrected chi connectivity index (χ2v) is 4.02. The van der Waals surface area contributed by atoms with Gasteiger partial charge in [-0.25, -0.2) is 0 Å². The van der Waals surface area contributed by atoms with E-state index in [1.54, 1.807) is 0 Å². The summed E-state index contributed by atoms with van der Waals surface area (Å²) >= 11 is 7.95. The molecule has 0 amide bonds. The van der Waals surface area contributed by atoms with Crippen molar-refractivity contribution in [1.29, 1.82) is 0 Å². The standard InChI is InChI=1S/C9H11BrS/c1-2-8(10)7-5-3-4-6-9(7)11/h3-6,8,11H,2H2,1H3. The third kappa shape index (κ3) is 2.24. The summed E-state index contributed by atoms with van der Waals surface area (Å²) < 4.78 is 0. The van der Waals surface area contributed by atoms with Crippen LogP contribution in [0.5, 0.6) is 0 Å². The zero-order chi connectivity index (χ0) is 8.27. The molecule has 0 N–H and O–H groups in total. The van der Waals surface area contributed by atoms with Gasteiger partial charge in [0, 0.05) is 9.72 Å². The molecule has 1 aromatic rings. The predicted molar refractivity (Wildman–Crippen MR) is 55.7 cm³/mol. The predicted octanol–water partition coefficient (Wildman–Crippen LogP) is 3.82. The Morgan fingerprint density at radius 2 is 2.09 bits per heavy atom. The van der Waals surface area contributed by atoms with Crippen LogP contribution in [0.2, 0.25) is 0 Å². The maximum Gasteiger partial charge on any atom is 0.0403 e. The molecule has 0 fully saturated rings. The molecule has 0 aliphatic heterocycles. The van der Waals surface area contributed by atoms with Gasteiger partial charge in [0.1, 0.15) is 0 Å². The van der Waals surface area contributed by atoms with Crippen LogP contribution in [0.4, 0.5) is 0 Å². The molecule has 0 saturated carbocycles. The van der Waals surface area contributed by atoms with E-state index in [0.29, 0.717) is 4.83 Å². The molecule has 2 heteroatoms. The van der Waals surface area contributed by atoms with Crippen LogP contribution in [0.1, 0.15) is 23.7 Å². The van der Waals surface area contributed by atoms with Crippen molar-refractivity contribution in [3.05, 3.63) is 29.8 Å². The van der Waals surface area contributed by atoms with Crippen molar-refractivity contribution in [2.24, 2.45) is 0 Å². The Kier molecular flexibility index (Phi) is 3.46. The maximum atomic E-state index is 4.36. The van der Waals surface area contributed by atoms with Gasteiger partial charge < -0.3 is 0 Å². The van der Waals surface area contributed by atoms with Crippen LogP contribution in [0.3, 0.4) is 0 Å². The van der Waals surface area contributed by atoms with Gasteiger partial charge in [0.2, 0.25) is 0 Å². The van der Waals surface area contributed by atoms with Crippen LogP contribution in [0.25, 0.3) is 0 Å². The molecule has 0 radical (unpaired) electrons. The molecule has 0 nitrogen and oxygen atoms in total. The highest BCUT2D eigenvalue weighted by atomic mass is 79.9. The quantitative estimate of drug-likeness (QED) is 0.580. The molecule has 0 saturated heterocycles. The molecule has 0 bridgehead atoms. The lowest BCUT2D eigenvalue weighted by Gasteiger charge is -2.08. The van der Waals surface area contributed by atoms with E-state index in [9.17, 15) is 0 Å². The van der Waals surface area contributed by atoms with Crippen molar-refractivity contribution in [1.82, 2.24) is 0 Å². The van der Waals surface area contributed by atoms with Gasteiger partial charge in [-0.3, -0.25) is 0 Å². The molecule has 0 spiro atoms. The molecule has 11 heavy (non-hydrogen) atoms. The van der Waals surface area contributed by atoms with Crippen LogP contribution in [-0.4, -0.2) is 0 Å². The SMILES string of the molecule is CCC(Br)c1ccccc1S. The van der Waals surface area contributed by atoms with E-state index in [1.165, 1.54) is 5.56 Å². The van der Waals surface area contributed by atoms with Gasteiger partial charge in [0.15, 0.2) is 0 Å². The summed E-state index contributed by atoms with van der Waals surface area (Å²) in [5, 5.41) is 0. The highest BCUT2D eigenvalue weighted by molar-refractivity contribution is 9.09. The number of alkyl halides is 1. The topological polar surface area (TPSA) is 0 Å². The monoisotopic (exact) mass is 230 g/mol. The fourth-order valence-electron chi connectivity index (χ4n) is 0.972. The first-order chi connectivity index (χ1) is 5.25. The molecule has 1 aromatic carbocycles. The Balaban J connectivity index is 2.93. The van der Waals surface area contributed by atoms with Gasteiger partial charge in [-0.1, -0.05) is 41.1 Å². The highest BCUT2D eigenvalue weighted by Crippen LogP contribution is 2.30. The Hall–Kier alpha value is 0.0500. The maximum absolute atomic E-state index is 4.36. The normalized spacial score (nSPS) is 13.0. The van der Waals surface area contributed by atoms with E-state index in [-0.39, 0.29) is 0 Å². The van der Waals surface area contributed by atoms with E-state index >= 15 is 0 Å². The first-order valence-electron chi connectivity index (χ1n) is 3.67. The average molecular weight is 231 g/mol. The number of thiol groups is 1. The summed E-state index contributed by atoms with van der Waals surface area (Å²) in [6.45, 7) is 2.15. The Bertz CT molecular complexity index is 235. The van der Waals surface area contributed by atoms with E-state index in [2.05, 4.69) is 41.5 Å². The van der Waals surface area contributed by atoms with Crippen LogP contribution < -0.4 is 0 Å². The van der Waals surface area contributed by atoms with Crippen molar-refractivity contribution in [2.75, 3.05) is 0 Å². The zero-order valence-corrected chi connectivity index (χ0v) is 8.90. The van der Waals surface area contributed by atoms with Gasteiger partial charge >= 0.3 is 0 Å².